The minimum atomic E-state index is -3.03. The van der Waals surface area contributed by atoms with E-state index in [-0.39, 0.29) is 5.69 Å². The Morgan fingerprint density at radius 3 is 2.07 bits per heavy atom. The van der Waals surface area contributed by atoms with Crippen molar-refractivity contribution in [2.75, 3.05) is 5.32 Å². The van der Waals surface area contributed by atoms with Crippen LogP contribution < -0.4 is 5.32 Å². The molecule has 0 heterocycles. The fourth-order valence-electron chi connectivity index (χ4n) is 0.839. The monoisotopic (exact) mass is 405 g/mol. The van der Waals surface area contributed by atoms with Gasteiger partial charge in [0.1, 0.15) is 0 Å². The van der Waals surface area contributed by atoms with Gasteiger partial charge in [0.05, 0.1) is 5.69 Å². The van der Waals surface area contributed by atoms with Crippen molar-refractivity contribution < 1.29 is 13.6 Å². The lowest BCUT2D eigenvalue weighted by atomic mass is 10.3. The average molecular weight is 408 g/mol. The van der Waals surface area contributed by atoms with E-state index in [9.17, 15) is 13.6 Å². The SMILES string of the molecule is O=C(Nc1c(Br)cc(Br)cc1Br)C(F)F. The largest absolute Gasteiger partial charge is 0.319 e. The molecule has 0 saturated heterocycles. The molecule has 0 saturated carbocycles. The van der Waals surface area contributed by atoms with E-state index in [2.05, 4.69) is 53.1 Å². The summed E-state index contributed by atoms with van der Waals surface area (Å²) in [5.41, 5.74) is 0.281. The normalized spacial score (nSPS) is 10.5. The van der Waals surface area contributed by atoms with Crippen molar-refractivity contribution in [3.8, 4) is 0 Å². The highest BCUT2D eigenvalue weighted by Crippen LogP contribution is 2.34. The minimum Gasteiger partial charge on any atom is -0.319 e. The number of amides is 1. The lowest BCUT2D eigenvalue weighted by Crippen LogP contribution is -2.20. The summed E-state index contributed by atoms with van der Waals surface area (Å²) in [7, 11) is 0. The molecule has 2 nitrogen and oxygen atoms in total. The number of halogens is 5. The van der Waals surface area contributed by atoms with Crippen LogP contribution in [0.25, 0.3) is 0 Å². The van der Waals surface area contributed by atoms with Crippen LogP contribution in [0.4, 0.5) is 14.5 Å². The number of alkyl halides is 2. The highest BCUT2D eigenvalue weighted by molar-refractivity contribution is 9.11. The second-order valence-corrected chi connectivity index (χ2v) is 5.16. The van der Waals surface area contributed by atoms with Gasteiger partial charge in [0.2, 0.25) is 0 Å². The van der Waals surface area contributed by atoms with Crippen LogP contribution in [0.2, 0.25) is 0 Å². The molecule has 82 valence electrons. The third-order valence-corrected chi connectivity index (χ3v) is 3.16. The van der Waals surface area contributed by atoms with Crippen molar-refractivity contribution in [3.05, 3.63) is 25.6 Å². The molecule has 7 heteroatoms. The molecule has 0 aromatic heterocycles. The van der Waals surface area contributed by atoms with Crippen molar-refractivity contribution in [2.24, 2.45) is 0 Å². The van der Waals surface area contributed by atoms with Gasteiger partial charge in [-0.1, -0.05) is 15.9 Å². The molecule has 1 amide bonds. The highest BCUT2D eigenvalue weighted by atomic mass is 79.9. The average Bonchev–Trinajstić information content (AvgIpc) is 2.10. The van der Waals surface area contributed by atoms with Crippen molar-refractivity contribution in [1.82, 2.24) is 0 Å². The van der Waals surface area contributed by atoms with Crippen molar-refractivity contribution in [3.63, 3.8) is 0 Å². The van der Waals surface area contributed by atoms with Crippen LogP contribution in [-0.2, 0) is 4.79 Å². The van der Waals surface area contributed by atoms with Crippen molar-refractivity contribution in [2.45, 2.75) is 6.43 Å². The Labute approximate surface area is 110 Å². The molecule has 0 aliphatic carbocycles. The van der Waals surface area contributed by atoms with Gasteiger partial charge in [0.15, 0.2) is 0 Å². The molecule has 1 aromatic rings. The number of carbonyl (C=O) groups excluding carboxylic acids is 1. The summed E-state index contributed by atoms with van der Waals surface area (Å²) in [4.78, 5) is 10.8. The molecule has 0 bridgehead atoms. The Bertz CT molecular complexity index is 374. The van der Waals surface area contributed by atoms with E-state index in [1.807, 2.05) is 0 Å². The van der Waals surface area contributed by atoms with Crippen LogP contribution in [0.1, 0.15) is 0 Å². The lowest BCUT2D eigenvalue weighted by Gasteiger charge is -2.09. The zero-order valence-corrected chi connectivity index (χ0v) is 11.8. The standard InChI is InChI=1S/C8H4Br3F2NO/c9-3-1-4(10)6(5(11)2-3)14-8(15)7(12)13/h1-2,7H,(H,14,15). The second-order valence-electron chi connectivity index (χ2n) is 2.53. The number of carbonyl (C=O) groups is 1. The molecular formula is C8H4Br3F2NO. The zero-order valence-electron chi connectivity index (χ0n) is 7.03. The van der Waals surface area contributed by atoms with E-state index < -0.39 is 12.3 Å². The Morgan fingerprint density at radius 1 is 1.20 bits per heavy atom. The molecule has 0 radical (unpaired) electrons. The molecule has 0 aliphatic rings. The Morgan fingerprint density at radius 2 is 1.67 bits per heavy atom. The first kappa shape index (κ1) is 13.1. The third-order valence-electron chi connectivity index (χ3n) is 1.45. The van der Waals surface area contributed by atoms with Crippen LogP contribution in [0.3, 0.4) is 0 Å². The Balaban J connectivity index is 3.00. The van der Waals surface area contributed by atoms with Gasteiger partial charge < -0.3 is 5.32 Å². The van der Waals surface area contributed by atoms with Crippen LogP contribution in [-0.4, -0.2) is 12.3 Å². The maximum atomic E-state index is 12.0. The number of benzene rings is 1. The maximum absolute atomic E-state index is 12.0. The highest BCUT2D eigenvalue weighted by Gasteiger charge is 2.18. The predicted molar refractivity (Wildman–Crippen MR) is 64.2 cm³/mol. The summed E-state index contributed by atoms with van der Waals surface area (Å²) in [6.45, 7) is 0. The molecule has 15 heavy (non-hydrogen) atoms. The van der Waals surface area contributed by atoms with Gasteiger partial charge >= 0.3 is 6.43 Å². The smallest absolute Gasteiger partial charge is 0.315 e. The van der Waals surface area contributed by atoms with Crippen molar-refractivity contribution >= 4 is 59.4 Å². The van der Waals surface area contributed by atoms with E-state index >= 15 is 0 Å². The molecule has 0 unspecified atom stereocenters. The topological polar surface area (TPSA) is 29.1 Å². The molecule has 1 rings (SSSR count). The summed E-state index contributed by atoms with van der Waals surface area (Å²) in [5, 5.41) is 2.10. The minimum absolute atomic E-state index is 0.281. The van der Waals surface area contributed by atoms with Gasteiger partial charge in [-0.15, -0.1) is 0 Å². The first-order valence-electron chi connectivity index (χ1n) is 3.65. The van der Waals surface area contributed by atoms with Crippen LogP contribution in [0.15, 0.2) is 25.6 Å². The van der Waals surface area contributed by atoms with Gasteiger partial charge in [0, 0.05) is 13.4 Å². The fraction of sp³-hybridized carbons (Fsp3) is 0.125. The first-order valence-corrected chi connectivity index (χ1v) is 6.03. The van der Waals surface area contributed by atoms with Gasteiger partial charge in [0.25, 0.3) is 5.91 Å². The molecular weight excluding hydrogens is 404 g/mol. The summed E-state index contributed by atoms with van der Waals surface area (Å²) in [6, 6.07) is 3.29. The van der Waals surface area contributed by atoms with Gasteiger partial charge in [-0.25, -0.2) is 0 Å². The third kappa shape index (κ3) is 3.49. The molecule has 1 aromatic carbocycles. The lowest BCUT2D eigenvalue weighted by molar-refractivity contribution is -0.126. The van der Waals surface area contributed by atoms with E-state index in [4.69, 9.17) is 0 Å². The van der Waals surface area contributed by atoms with Crippen LogP contribution in [0, 0.1) is 0 Å². The molecule has 0 atom stereocenters. The van der Waals surface area contributed by atoms with E-state index in [0.29, 0.717) is 8.95 Å². The van der Waals surface area contributed by atoms with Crippen LogP contribution in [0.5, 0.6) is 0 Å². The van der Waals surface area contributed by atoms with E-state index in [1.165, 1.54) is 0 Å². The number of hydrogen-bond donors (Lipinski definition) is 1. The number of nitrogens with one attached hydrogen (secondary N) is 1. The van der Waals surface area contributed by atoms with Crippen molar-refractivity contribution in [1.29, 1.82) is 0 Å². The Hall–Kier alpha value is -0.0100. The molecule has 0 fully saturated rings. The summed E-state index contributed by atoms with van der Waals surface area (Å²) in [6.07, 6.45) is -3.03. The molecule has 1 N–H and O–H groups in total. The fourth-order valence-corrected chi connectivity index (χ4v) is 3.30. The zero-order chi connectivity index (χ0) is 11.6. The van der Waals surface area contributed by atoms with Gasteiger partial charge in [-0.05, 0) is 44.0 Å². The number of hydrogen-bond acceptors (Lipinski definition) is 1. The predicted octanol–water partition coefficient (Wildman–Crippen LogP) is 4.18. The van der Waals surface area contributed by atoms with Crippen LogP contribution >= 0.6 is 47.8 Å². The van der Waals surface area contributed by atoms with E-state index in [1.54, 1.807) is 12.1 Å². The van der Waals surface area contributed by atoms with Gasteiger partial charge in [-0.3, -0.25) is 4.79 Å². The molecule has 0 aliphatic heterocycles. The number of rotatable bonds is 2. The summed E-state index contributed by atoms with van der Waals surface area (Å²) < 4.78 is 25.8. The first-order chi connectivity index (χ1) is 6.91. The summed E-state index contributed by atoms with van der Waals surface area (Å²) >= 11 is 9.53. The second kappa shape index (κ2) is 5.36. The quantitative estimate of drug-likeness (QED) is 0.783. The Kier molecular flexibility index (Phi) is 4.66. The van der Waals surface area contributed by atoms with Gasteiger partial charge in [-0.2, -0.15) is 8.78 Å². The van der Waals surface area contributed by atoms with E-state index in [0.717, 1.165) is 4.47 Å². The number of anilines is 1. The molecule has 0 spiro atoms. The summed E-state index contributed by atoms with van der Waals surface area (Å²) in [5.74, 6) is -1.33. The maximum Gasteiger partial charge on any atom is 0.315 e.